The number of ether oxygens (including phenoxy) is 1. The van der Waals surface area contributed by atoms with E-state index in [0.717, 1.165) is 51.0 Å². The van der Waals surface area contributed by atoms with Gasteiger partial charge in [-0.25, -0.2) is 0 Å². The molecule has 1 aromatic rings. The summed E-state index contributed by atoms with van der Waals surface area (Å²) in [5, 5.41) is 8.06. The van der Waals surface area contributed by atoms with Crippen LogP contribution >= 0.6 is 24.0 Å². The summed E-state index contributed by atoms with van der Waals surface area (Å²) in [6, 6.07) is 0.851. The molecule has 1 saturated heterocycles. The zero-order chi connectivity index (χ0) is 20.0. The van der Waals surface area contributed by atoms with Gasteiger partial charge in [0, 0.05) is 57.6 Å². The van der Waals surface area contributed by atoms with Crippen molar-refractivity contribution in [1.29, 1.82) is 0 Å². The average Bonchev–Trinajstić information content (AvgIpc) is 2.99. The van der Waals surface area contributed by atoms with Gasteiger partial charge >= 0.3 is 0 Å². The Morgan fingerprint density at radius 1 is 1.43 bits per heavy atom. The van der Waals surface area contributed by atoms with Crippen LogP contribution in [0.3, 0.4) is 0 Å². The lowest BCUT2D eigenvalue weighted by atomic mass is 10.1. The Hall–Kier alpha value is -0.870. The van der Waals surface area contributed by atoms with Crippen molar-refractivity contribution < 1.29 is 4.74 Å². The fourth-order valence-electron chi connectivity index (χ4n) is 3.68. The topological polar surface area (TPSA) is 57.9 Å². The zero-order valence-corrected chi connectivity index (χ0v) is 20.9. The number of nitrogens with one attached hydrogen (secondary N) is 1. The molecule has 1 aliphatic heterocycles. The van der Waals surface area contributed by atoms with Crippen molar-refractivity contribution in [2.24, 2.45) is 12.0 Å². The highest BCUT2D eigenvalue weighted by atomic mass is 127. The van der Waals surface area contributed by atoms with E-state index < -0.39 is 0 Å². The first-order valence-electron chi connectivity index (χ1n) is 10.2. The van der Waals surface area contributed by atoms with Crippen LogP contribution in [0.1, 0.15) is 51.8 Å². The van der Waals surface area contributed by atoms with Crippen LogP contribution in [0.4, 0.5) is 0 Å². The standard InChI is InChI=1S/C20H38N6O.HI/c1-8-21-20(22-11-16(4)26-9-10-27-14-17(26)5)24(6)12-18-13-25(7)23-19(18)15(2)3;/h13,15-17H,8-12,14H2,1-7H3,(H,21,22);1H. The number of nitrogens with zero attached hydrogens (tertiary/aromatic N) is 5. The van der Waals surface area contributed by atoms with Crippen molar-refractivity contribution in [3.8, 4) is 0 Å². The Morgan fingerprint density at radius 3 is 2.75 bits per heavy atom. The minimum atomic E-state index is 0. The molecule has 1 fully saturated rings. The summed E-state index contributed by atoms with van der Waals surface area (Å²) in [5.74, 6) is 1.36. The molecule has 2 atom stereocenters. The summed E-state index contributed by atoms with van der Waals surface area (Å²) in [4.78, 5) is 9.61. The first kappa shape index (κ1) is 25.2. The normalized spacial score (nSPS) is 19.4. The smallest absolute Gasteiger partial charge is 0.194 e. The van der Waals surface area contributed by atoms with E-state index in [2.05, 4.69) is 68.1 Å². The summed E-state index contributed by atoms with van der Waals surface area (Å²) in [7, 11) is 4.08. The van der Waals surface area contributed by atoms with Crippen LogP contribution in [0.5, 0.6) is 0 Å². The third-order valence-corrected chi connectivity index (χ3v) is 5.08. The molecule has 2 rings (SSSR count). The van der Waals surface area contributed by atoms with Gasteiger partial charge in [-0.2, -0.15) is 5.10 Å². The number of hydrogen-bond acceptors (Lipinski definition) is 4. The van der Waals surface area contributed by atoms with E-state index in [0.29, 0.717) is 18.0 Å². The van der Waals surface area contributed by atoms with Crippen molar-refractivity contribution in [1.82, 2.24) is 24.9 Å². The number of guanidine groups is 1. The first-order valence-corrected chi connectivity index (χ1v) is 10.2. The number of aliphatic imine (C=N–C) groups is 1. The maximum absolute atomic E-state index is 5.56. The molecule has 0 aromatic carbocycles. The molecular formula is C20H39IN6O. The molecule has 0 aliphatic carbocycles. The minimum Gasteiger partial charge on any atom is -0.379 e. The lowest BCUT2D eigenvalue weighted by Crippen LogP contribution is -2.49. The maximum atomic E-state index is 5.56. The van der Waals surface area contributed by atoms with Gasteiger partial charge in [-0.3, -0.25) is 14.6 Å². The van der Waals surface area contributed by atoms with Gasteiger partial charge < -0.3 is 15.0 Å². The number of aromatic nitrogens is 2. The van der Waals surface area contributed by atoms with Gasteiger partial charge in [0.15, 0.2) is 5.96 Å². The molecule has 28 heavy (non-hydrogen) atoms. The average molecular weight is 506 g/mol. The Balaban J connectivity index is 0.00000392. The van der Waals surface area contributed by atoms with Crippen LogP contribution in [0.25, 0.3) is 0 Å². The van der Waals surface area contributed by atoms with Gasteiger partial charge in [-0.05, 0) is 26.7 Å². The second-order valence-corrected chi connectivity index (χ2v) is 7.93. The molecule has 0 bridgehead atoms. The van der Waals surface area contributed by atoms with E-state index in [9.17, 15) is 0 Å². The molecule has 2 unspecified atom stereocenters. The summed E-state index contributed by atoms with van der Waals surface area (Å²) in [6.45, 7) is 16.0. The maximum Gasteiger partial charge on any atom is 0.194 e. The van der Waals surface area contributed by atoms with Crippen LogP contribution < -0.4 is 5.32 Å². The SMILES string of the molecule is CCNC(=NCC(C)N1CCOCC1C)N(C)Cc1cn(C)nc1C(C)C.I. The van der Waals surface area contributed by atoms with Crippen molar-refractivity contribution >= 4 is 29.9 Å². The van der Waals surface area contributed by atoms with E-state index in [1.807, 2.05) is 11.7 Å². The van der Waals surface area contributed by atoms with Gasteiger partial charge in [-0.1, -0.05) is 13.8 Å². The van der Waals surface area contributed by atoms with Crippen LogP contribution in [-0.2, 0) is 18.3 Å². The molecule has 2 heterocycles. The summed E-state index contributed by atoms with van der Waals surface area (Å²) < 4.78 is 7.46. The van der Waals surface area contributed by atoms with Gasteiger partial charge in [-0.15, -0.1) is 24.0 Å². The number of rotatable bonds is 7. The third kappa shape index (κ3) is 6.88. The van der Waals surface area contributed by atoms with Crippen molar-refractivity contribution in [2.75, 3.05) is 39.9 Å². The van der Waals surface area contributed by atoms with E-state index >= 15 is 0 Å². The Bertz CT molecular complexity index is 618. The highest BCUT2D eigenvalue weighted by Crippen LogP contribution is 2.18. The zero-order valence-electron chi connectivity index (χ0n) is 18.6. The van der Waals surface area contributed by atoms with Crippen LogP contribution in [-0.4, -0.2) is 77.5 Å². The van der Waals surface area contributed by atoms with E-state index in [4.69, 9.17) is 9.73 Å². The summed E-state index contributed by atoms with van der Waals surface area (Å²) >= 11 is 0. The molecule has 1 N–H and O–H groups in total. The van der Waals surface area contributed by atoms with Crippen molar-refractivity contribution in [2.45, 2.75) is 59.2 Å². The fourth-order valence-corrected chi connectivity index (χ4v) is 3.68. The highest BCUT2D eigenvalue weighted by molar-refractivity contribution is 14.0. The van der Waals surface area contributed by atoms with E-state index in [1.54, 1.807) is 0 Å². The quantitative estimate of drug-likeness (QED) is 0.350. The second-order valence-electron chi connectivity index (χ2n) is 7.93. The van der Waals surface area contributed by atoms with Gasteiger partial charge in [0.05, 0.1) is 25.5 Å². The van der Waals surface area contributed by atoms with E-state index in [1.165, 1.54) is 5.56 Å². The molecule has 0 amide bonds. The monoisotopic (exact) mass is 506 g/mol. The number of halogens is 1. The Kier molecular flexibility index (Phi) is 10.8. The Labute approximate surface area is 187 Å². The molecule has 0 radical (unpaired) electrons. The third-order valence-electron chi connectivity index (χ3n) is 5.08. The molecule has 0 saturated carbocycles. The Morgan fingerprint density at radius 2 is 2.14 bits per heavy atom. The number of morpholine rings is 1. The van der Waals surface area contributed by atoms with Gasteiger partial charge in [0.2, 0.25) is 0 Å². The fraction of sp³-hybridized carbons (Fsp3) is 0.800. The number of hydrogen-bond donors (Lipinski definition) is 1. The number of aryl methyl sites for hydroxylation is 1. The van der Waals surface area contributed by atoms with Gasteiger partial charge in [0.1, 0.15) is 0 Å². The lowest BCUT2D eigenvalue weighted by molar-refractivity contribution is -0.0166. The summed E-state index contributed by atoms with van der Waals surface area (Å²) in [5.41, 5.74) is 2.42. The molecule has 0 spiro atoms. The van der Waals surface area contributed by atoms with Crippen molar-refractivity contribution in [3.63, 3.8) is 0 Å². The summed E-state index contributed by atoms with van der Waals surface area (Å²) in [6.07, 6.45) is 2.12. The van der Waals surface area contributed by atoms with Crippen molar-refractivity contribution in [3.05, 3.63) is 17.5 Å². The lowest BCUT2D eigenvalue weighted by Gasteiger charge is -2.37. The molecule has 162 valence electrons. The first-order chi connectivity index (χ1) is 12.8. The van der Waals surface area contributed by atoms with Crippen LogP contribution in [0, 0.1) is 0 Å². The molecular weight excluding hydrogens is 467 g/mol. The molecule has 8 heteroatoms. The predicted octanol–water partition coefficient (Wildman–Crippen LogP) is 2.67. The van der Waals surface area contributed by atoms with Gasteiger partial charge in [0.25, 0.3) is 0 Å². The van der Waals surface area contributed by atoms with Crippen LogP contribution in [0.15, 0.2) is 11.2 Å². The highest BCUT2D eigenvalue weighted by Gasteiger charge is 2.23. The second kappa shape index (κ2) is 12.0. The molecule has 1 aromatic heterocycles. The minimum absolute atomic E-state index is 0. The van der Waals surface area contributed by atoms with E-state index in [-0.39, 0.29) is 24.0 Å². The molecule has 7 nitrogen and oxygen atoms in total. The predicted molar refractivity (Wildman–Crippen MR) is 127 cm³/mol. The molecule has 1 aliphatic rings. The van der Waals surface area contributed by atoms with Crippen LogP contribution in [0.2, 0.25) is 0 Å². The largest absolute Gasteiger partial charge is 0.379 e.